The van der Waals surface area contributed by atoms with Crippen LogP contribution in [0.15, 0.2) is 17.1 Å². The molecular formula is C11H17N3O5. The van der Waals surface area contributed by atoms with Gasteiger partial charge in [-0.3, -0.25) is 4.57 Å². The first-order chi connectivity index (χ1) is 8.91. The molecule has 0 radical (unpaired) electrons. The highest BCUT2D eigenvalue weighted by Crippen LogP contribution is 2.37. The van der Waals surface area contributed by atoms with Gasteiger partial charge in [-0.05, 0) is 13.0 Å². The molecule has 2 heterocycles. The summed E-state index contributed by atoms with van der Waals surface area (Å²) in [5.74, 6) is 0.387. The summed E-state index contributed by atoms with van der Waals surface area (Å²) < 4.78 is 6.41. The Balaban J connectivity index is 2.39. The molecule has 19 heavy (non-hydrogen) atoms. The summed E-state index contributed by atoms with van der Waals surface area (Å²) in [6.07, 6.45) is -1.94. The summed E-state index contributed by atoms with van der Waals surface area (Å²) in [5.41, 5.74) is -2.32. The predicted octanol–water partition coefficient (Wildman–Crippen LogP) is -1.71. The van der Waals surface area contributed by atoms with Gasteiger partial charge in [0.15, 0.2) is 6.23 Å². The van der Waals surface area contributed by atoms with Crippen molar-refractivity contribution >= 4 is 5.82 Å². The fourth-order valence-corrected chi connectivity index (χ4v) is 2.12. The van der Waals surface area contributed by atoms with Gasteiger partial charge in [-0.1, -0.05) is 0 Å². The van der Waals surface area contributed by atoms with E-state index in [9.17, 15) is 15.0 Å². The van der Waals surface area contributed by atoms with Gasteiger partial charge in [-0.15, -0.1) is 0 Å². The van der Waals surface area contributed by atoms with Crippen LogP contribution in [0, 0.1) is 0 Å². The lowest BCUT2D eigenvalue weighted by Crippen LogP contribution is -2.46. The first-order valence-electron chi connectivity index (χ1n) is 5.85. The summed E-state index contributed by atoms with van der Waals surface area (Å²) in [6, 6.07) is 1.54. The molecule has 0 amide bonds. The number of anilines is 1. The van der Waals surface area contributed by atoms with Crippen molar-refractivity contribution in [1.29, 1.82) is 0 Å². The molecule has 4 atom stereocenters. The Labute approximate surface area is 109 Å². The van der Waals surface area contributed by atoms with Crippen LogP contribution in [0.4, 0.5) is 5.82 Å². The second kappa shape index (κ2) is 4.89. The number of rotatable bonds is 3. The topological polar surface area (TPSA) is 117 Å². The lowest BCUT2D eigenvalue weighted by molar-refractivity contribution is -0.0986. The molecule has 1 aromatic heterocycles. The lowest BCUT2D eigenvalue weighted by atomic mass is 9.96. The summed E-state index contributed by atoms with van der Waals surface area (Å²) in [4.78, 5) is 15.6. The van der Waals surface area contributed by atoms with Crippen molar-refractivity contribution in [2.24, 2.45) is 0 Å². The summed E-state index contributed by atoms with van der Waals surface area (Å²) >= 11 is 0. The molecule has 1 fully saturated rings. The van der Waals surface area contributed by atoms with Crippen molar-refractivity contribution in [3.63, 3.8) is 0 Å². The van der Waals surface area contributed by atoms with Crippen LogP contribution in [0.5, 0.6) is 0 Å². The average molecular weight is 271 g/mol. The van der Waals surface area contributed by atoms with Gasteiger partial charge >= 0.3 is 5.69 Å². The summed E-state index contributed by atoms with van der Waals surface area (Å²) in [7, 11) is 1.62. The summed E-state index contributed by atoms with van der Waals surface area (Å²) in [6.45, 7) is 0.890. The Kier molecular flexibility index (Phi) is 3.59. The van der Waals surface area contributed by atoms with Gasteiger partial charge in [0, 0.05) is 13.2 Å². The maximum absolute atomic E-state index is 11.9. The van der Waals surface area contributed by atoms with Crippen LogP contribution in [0.3, 0.4) is 0 Å². The molecule has 0 aromatic carbocycles. The molecule has 1 saturated heterocycles. The van der Waals surface area contributed by atoms with Crippen molar-refractivity contribution in [3.8, 4) is 0 Å². The van der Waals surface area contributed by atoms with E-state index >= 15 is 0 Å². The fourth-order valence-electron chi connectivity index (χ4n) is 2.12. The minimum atomic E-state index is -1.69. The van der Waals surface area contributed by atoms with E-state index in [2.05, 4.69) is 10.3 Å². The minimum Gasteiger partial charge on any atom is -0.394 e. The second-order valence-electron chi connectivity index (χ2n) is 4.63. The monoisotopic (exact) mass is 271 g/mol. The third-order valence-corrected chi connectivity index (χ3v) is 3.27. The Hall–Kier alpha value is -1.48. The second-order valence-corrected chi connectivity index (χ2v) is 4.63. The van der Waals surface area contributed by atoms with Crippen LogP contribution in [0.25, 0.3) is 0 Å². The zero-order valence-corrected chi connectivity index (χ0v) is 10.6. The standard InChI is InChI=1S/C11H17N3O5/c1-11(18)8(16)6(5-15)19-9(11)14-4-3-7(12-2)13-10(14)17/h3-4,6,8-9,15-16,18H,5H2,1-2H3,(H,12,13,17)/t6-,8-,9-,11-/m1/s1. The van der Waals surface area contributed by atoms with Gasteiger partial charge in [0.2, 0.25) is 0 Å². The predicted molar refractivity (Wildman–Crippen MR) is 65.7 cm³/mol. The molecular weight excluding hydrogens is 254 g/mol. The number of aliphatic hydroxyl groups excluding tert-OH is 2. The first kappa shape index (κ1) is 13.9. The SMILES string of the molecule is CNc1ccn([C@@H]2O[C@H](CO)[C@@H](O)[C@@]2(C)O)c(=O)n1. The van der Waals surface area contributed by atoms with Gasteiger partial charge in [-0.25, -0.2) is 4.79 Å². The molecule has 0 saturated carbocycles. The van der Waals surface area contributed by atoms with Crippen LogP contribution < -0.4 is 11.0 Å². The van der Waals surface area contributed by atoms with E-state index in [1.165, 1.54) is 13.1 Å². The van der Waals surface area contributed by atoms with Crippen molar-refractivity contribution in [1.82, 2.24) is 9.55 Å². The average Bonchev–Trinajstić information content (AvgIpc) is 2.61. The van der Waals surface area contributed by atoms with Gasteiger partial charge in [0.1, 0.15) is 23.6 Å². The summed E-state index contributed by atoms with van der Waals surface area (Å²) in [5, 5.41) is 31.9. The maximum Gasteiger partial charge on any atom is 0.351 e. The molecule has 106 valence electrons. The Morgan fingerprint density at radius 2 is 2.32 bits per heavy atom. The molecule has 1 aromatic rings. The number of nitrogens with zero attached hydrogens (tertiary/aromatic N) is 2. The molecule has 1 aliphatic rings. The zero-order valence-electron chi connectivity index (χ0n) is 10.6. The van der Waals surface area contributed by atoms with Crippen molar-refractivity contribution in [2.75, 3.05) is 19.0 Å². The highest BCUT2D eigenvalue weighted by Gasteiger charge is 2.53. The third-order valence-electron chi connectivity index (χ3n) is 3.27. The molecule has 2 rings (SSSR count). The Morgan fingerprint density at radius 3 is 2.79 bits per heavy atom. The molecule has 0 unspecified atom stereocenters. The molecule has 8 heteroatoms. The van der Waals surface area contributed by atoms with E-state index in [1.54, 1.807) is 13.1 Å². The first-order valence-corrected chi connectivity index (χ1v) is 5.85. The van der Waals surface area contributed by atoms with E-state index < -0.39 is 36.3 Å². The Bertz CT molecular complexity index is 515. The maximum atomic E-state index is 11.9. The van der Waals surface area contributed by atoms with Gasteiger partial charge < -0.3 is 25.4 Å². The highest BCUT2D eigenvalue weighted by atomic mass is 16.6. The number of hydrogen-bond donors (Lipinski definition) is 4. The van der Waals surface area contributed by atoms with Crippen molar-refractivity contribution in [3.05, 3.63) is 22.7 Å². The van der Waals surface area contributed by atoms with Crippen molar-refractivity contribution < 1.29 is 20.1 Å². The van der Waals surface area contributed by atoms with Gasteiger partial charge in [-0.2, -0.15) is 4.98 Å². The normalized spacial score (nSPS) is 34.5. The quantitative estimate of drug-likeness (QED) is 0.517. The van der Waals surface area contributed by atoms with Crippen LogP contribution >= 0.6 is 0 Å². The smallest absolute Gasteiger partial charge is 0.351 e. The molecule has 8 nitrogen and oxygen atoms in total. The molecule has 0 aliphatic carbocycles. The molecule has 0 spiro atoms. The number of nitrogens with one attached hydrogen (secondary N) is 1. The van der Waals surface area contributed by atoms with Crippen LogP contribution in [-0.2, 0) is 4.74 Å². The largest absolute Gasteiger partial charge is 0.394 e. The highest BCUT2D eigenvalue weighted by molar-refractivity contribution is 5.30. The third kappa shape index (κ3) is 2.23. The number of aliphatic hydroxyl groups is 3. The van der Waals surface area contributed by atoms with E-state index in [0.29, 0.717) is 5.82 Å². The van der Waals surface area contributed by atoms with E-state index in [0.717, 1.165) is 4.57 Å². The number of ether oxygens (including phenoxy) is 1. The van der Waals surface area contributed by atoms with Gasteiger partial charge in [0.25, 0.3) is 0 Å². The zero-order chi connectivity index (χ0) is 14.2. The van der Waals surface area contributed by atoms with Crippen LogP contribution in [-0.4, -0.2) is 56.3 Å². The molecule has 4 N–H and O–H groups in total. The molecule has 0 bridgehead atoms. The van der Waals surface area contributed by atoms with E-state index in [4.69, 9.17) is 9.84 Å². The van der Waals surface area contributed by atoms with Crippen LogP contribution in [0.1, 0.15) is 13.2 Å². The number of hydrogen-bond acceptors (Lipinski definition) is 7. The fraction of sp³-hybridized carbons (Fsp3) is 0.636. The van der Waals surface area contributed by atoms with Crippen LogP contribution in [0.2, 0.25) is 0 Å². The lowest BCUT2D eigenvalue weighted by Gasteiger charge is -2.27. The minimum absolute atomic E-state index is 0.387. The number of aromatic nitrogens is 2. The molecule has 1 aliphatic heterocycles. The van der Waals surface area contributed by atoms with Gasteiger partial charge in [0.05, 0.1) is 6.61 Å². The van der Waals surface area contributed by atoms with Crippen molar-refractivity contribution in [2.45, 2.75) is 31.0 Å². The van der Waals surface area contributed by atoms with E-state index in [-0.39, 0.29) is 0 Å². The van der Waals surface area contributed by atoms with E-state index in [1.807, 2.05) is 0 Å². The Morgan fingerprint density at radius 1 is 1.63 bits per heavy atom.